The molecule has 2 heterocycles. The predicted octanol–water partition coefficient (Wildman–Crippen LogP) is 1.83. The molecule has 0 bridgehead atoms. The summed E-state index contributed by atoms with van der Waals surface area (Å²) < 4.78 is 0. The van der Waals surface area contributed by atoms with Crippen LogP contribution in [-0.2, 0) is 0 Å². The standard InChI is InChI=1S/C10H13N3O2S/c14-13(15)10-2-1-9(16-10)7-12-8-3-5-11-6-4-8/h1-2,7-8,11H,3-6H2. The molecule has 0 aromatic carbocycles. The molecule has 1 aromatic rings. The van der Waals surface area contributed by atoms with Crippen molar-refractivity contribution in [1.82, 2.24) is 5.32 Å². The zero-order valence-corrected chi connectivity index (χ0v) is 9.57. The van der Waals surface area contributed by atoms with Crippen LogP contribution in [0.25, 0.3) is 0 Å². The van der Waals surface area contributed by atoms with Gasteiger partial charge in [-0.05, 0) is 32.0 Å². The molecule has 1 fully saturated rings. The van der Waals surface area contributed by atoms with Crippen LogP contribution in [0.2, 0.25) is 0 Å². The quantitative estimate of drug-likeness (QED) is 0.497. The Kier molecular flexibility index (Phi) is 3.63. The first kappa shape index (κ1) is 11.2. The van der Waals surface area contributed by atoms with Gasteiger partial charge in [-0.1, -0.05) is 11.3 Å². The van der Waals surface area contributed by atoms with Gasteiger partial charge in [0.15, 0.2) is 0 Å². The lowest BCUT2D eigenvalue weighted by Gasteiger charge is -2.18. The highest BCUT2D eigenvalue weighted by atomic mass is 32.1. The molecular formula is C10H13N3O2S. The van der Waals surface area contributed by atoms with Crippen LogP contribution in [0.1, 0.15) is 17.7 Å². The second-order valence-corrected chi connectivity index (χ2v) is 4.79. The van der Waals surface area contributed by atoms with Crippen LogP contribution in [0.3, 0.4) is 0 Å². The molecule has 86 valence electrons. The fourth-order valence-corrected chi connectivity index (χ4v) is 2.35. The molecule has 0 unspecified atom stereocenters. The summed E-state index contributed by atoms with van der Waals surface area (Å²) in [7, 11) is 0. The van der Waals surface area contributed by atoms with Crippen molar-refractivity contribution in [3.63, 3.8) is 0 Å². The van der Waals surface area contributed by atoms with E-state index in [0.717, 1.165) is 30.8 Å². The third kappa shape index (κ3) is 2.86. The smallest absolute Gasteiger partial charge is 0.317 e. The predicted molar refractivity (Wildman–Crippen MR) is 64.5 cm³/mol. The van der Waals surface area contributed by atoms with Gasteiger partial charge in [-0.25, -0.2) is 0 Å². The Morgan fingerprint density at radius 3 is 2.88 bits per heavy atom. The molecule has 5 nitrogen and oxygen atoms in total. The minimum atomic E-state index is -0.369. The highest BCUT2D eigenvalue weighted by Gasteiger charge is 2.11. The molecule has 0 spiro atoms. The van der Waals surface area contributed by atoms with Gasteiger partial charge in [0.25, 0.3) is 0 Å². The van der Waals surface area contributed by atoms with E-state index in [-0.39, 0.29) is 9.92 Å². The van der Waals surface area contributed by atoms with E-state index in [0.29, 0.717) is 6.04 Å². The van der Waals surface area contributed by atoms with Gasteiger partial charge < -0.3 is 5.32 Å². The van der Waals surface area contributed by atoms with Crippen molar-refractivity contribution >= 4 is 22.6 Å². The number of nitrogens with zero attached hydrogens (tertiary/aromatic N) is 2. The van der Waals surface area contributed by atoms with Gasteiger partial charge >= 0.3 is 5.00 Å². The van der Waals surface area contributed by atoms with Crippen LogP contribution >= 0.6 is 11.3 Å². The second kappa shape index (κ2) is 5.18. The van der Waals surface area contributed by atoms with Crippen molar-refractivity contribution in [1.29, 1.82) is 0 Å². The van der Waals surface area contributed by atoms with Gasteiger partial charge in [0, 0.05) is 12.3 Å². The highest BCUT2D eigenvalue weighted by Crippen LogP contribution is 2.22. The Balaban J connectivity index is 1.96. The Morgan fingerprint density at radius 2 is 2.25 bits per heavy atom. The maximum absolute atomic E-state index is 10.5. The maximum Gasteiger partial charge on any atom is 0.324 e. The number of hydrogen-bond donors (Lipinski definition) is 1. The Hall–Kier alpha value is -1.27. The second-order valence-electron chi connectivity index (χ2n) is 3.69. The lowest BCUT2D eigenvalue weighted by Crippen LogP contribution is -2.29. The first-order valence-corrected chi connectivity index (χ1v) is 6.05. The molecular weight excluding hydrogens is 226 g/mol. The van der Waals surface area contributed by atoms with Crippen LogP contribution in [-0.4, -0.2) is 30.3 Å². The first-order valence-electron chi connectivity index (χ1n) is 5.24. The fraction of sp³-hybridized carbons (Fsp3) is 0.500. The molecule has 1 saturated heterocycles. The molecule has 0 saturated carbocycles. The highest BCUT2D eigenvalue weighted by molar-refractivity contribution is 7.16. The van der Waals surface area contributed by atoms with E-state index in [1.165, 1.54) is 17.4 Å². The topological polar surface area (TPSA) is 67.5 Å². The summed E-state index contributed by atoms with van der Waals surface area (Å²) in [6.45, 7) is 2.01. The van der Waals surface area contributed by atoms with Gasteiger partial charge in [-0.2, -0.15) is 0 Å². The number of piperidine rings is 1. The minimum Gasteiger partial charge on any atom is -0.317 e. The van der Waals surface area contributed by atoms with Crippen LogP contribution in [0, 0.1) is 10.1 Å². The van der Waals surface area contributed by atoms with Gasteiger partial charge in [0.2, 0.25) is 0 Å². The largest absolute Gasteiger partial charge is 0.324 e. The van der Waals surface area contributed by atoms with E-state index < -0.39 is 0 Å². The molecule has 0 radical (unpaired) electrons. The lowest BCUT2D eigenvalue weighted by molar-refractivity contribution is -0.380. The van der Waals surface area contributed by atoms with Crippen molar-refractivity contribution in [2.45, 2.75) is 18.9 Å². The Bertz CT molecular complexity index is 397. The van der Waals surface area contributed by atoms with E-state index in [4.69, 9.17) is 0 Å². The Morgan fingerprint density at radius 1 is 1.50 bits per heavy atom. The number of nitro groups is 1. The average Bonchev–Trinajstić information content (AvgIpc) is 2.76. The van der Waals surface area contributed by atoms with E-state index in [1.807, 2.05) is 0 Å². The molecule has 0 amide bonds. The van der Waals surface area contributed by atoms with Crippen molar-refractivity contribution in [2.75, 3.05) is 13.1 Å². The monoisotopic (exact) mass is 239 g/mol. The maximum atomic E-state index is 10.5. The van der Waals surface area contributed by atoms with E-state index in [9.17, 15) is 10.1 Å². The van der Waals surface area contributed by atoms with Crippen LogP contribution < -0.4 is 5.32 Å². The number of aliphatic imine (C=N–C) groups is 1. The summed E-state index contributed by atoms with van der Waals surface area (Å²) >= 11 is 1.17. The van der Waals surface area contributed by atoms with Crippen molar-refractivity contribution < 1.29 is 4.92 Å². The Labute approximate surface area is 97.4 Å². The molecule has 0 atom stereocenters. The fourth-order valence-electron chi connectivity index (χ4n) is 1.64. The van der Waals surface area contributed by atoms with Crippen molar-refractivity contribution in [3.8, 4) is 0 Å². The summed E-state index contributed by atoms with van der Waals surface area (Å²) in [6, 6.07) is 3.63. The molecule has 0 aliphatic carbocycles. The van der Waals surface area contributed by atoms with Crippen LogP contribution in [0.4, 0.5) is 5.00 Å². The van der Waals surface area contributed by atoms with Crippen LogP contribution in [0.5, 0.6) is 0 Å². The summed E-state index contributed by atoms with van der Waals surface area (Å²) in [4.78, 5) is 15.4. The number of nitrogens with one attached hydrogen (secondary N) is 1. The summed E-state index contributed by atoms with van der Waals surface area (Å²) in [6.07, 6.45) is 3.85. The lowest BCUT2D eigenvalue weighted by atomic mass is 10.1. The first-order chi connectivity index (χ1) is 7.75. The zero-order chi connectivity index (χ0) is 11.4. The molecule has 1 aliphatic heterocycles. The summed E-state index contributed by atoms with van der Waals surface area (Å²) in [5.74, 6) is 0. The van der Waals surface area contributed by atoms with Gasteiger partial charge in [0.05, 0.1) is 15.8 Å². The third-order valence-electron chi connectivity index (χ3n) is 2.51. The normalized spacial score (nSPS) is 18.0. The van der Waals surface area contributed by atoms with Crippen molar-refractivity contribution in [3.05, 3.63) is 27.1 Å². The minimum absolute atomic E-state index is 0.173. The van der Waals surface area contributed by atoms with Gasteiger partial charge in [-0.3, -0.25) is 15.1 Å². The third-order valence-corrected chi connectivity index (χ3v) is 3.49. The van der Waals surface area contributed by atoms with E-state index in [2.05, 4.69) is 10.3 Å². The SMILES string of the molecule is O=[N+]([O-])c1ccc(C=NC2CCNCC2)s1. The summed E-state index contributed by atoms with van der Waals surface area (Å²) in [5.41, 5.74) is 0. The van der Waals surface area contributed by atoms with E-state index >= 15 is 0 Å². The van der Waals surface area contributed by atoms with Crippen molar-refractivity contribution in [2.24, 2.45) is 4.99 Å². The molecule has 2 rings (SSSR count). The molecule has 6 heteroatoms. The molecule has 16 heavy (non-hydrogen) atoms. The molecule has 1 aromatic heterocycles. The molecule has 1 N–H and O–H groups in total. The van der Waals surface area contributed by atoms with E-state index in [1.54, 1.807) is 12.3 Å². The number of rotatable bonds is 3. The summed E-state index contributed by atoms with van der Waals surface area (Å²) in [5, 5.41) is 13.9. The van der Waals surface area contributed by atoms with Gasteiger partial charge in [0.1, 0.15) is 0 Å². The van der Waals surface area contributed by atoms with Gasteiger partial charge in [-0.15, -0.1) is 0 Å². The average molecular weight is 239 g/mol. The number of thiophene rings is 1. The van der Waals surface area contributed by atoms with Crippen LogP contribution in [0.15, 0.2) is 17.1 Å². The number of hydrogen-bond acceptors (Lipinski definition) is 5. The zero-order valence-electron chi connectivity index (χ0n) is 8.76. The molecule has 1 aliphatic rings.